The molecule has 33 heavy (non-hydrogen) atoms. The van der Waals surface area contributed by atoms with Crippen LogP contribution in [0.25, 0.3) is 5.69 Å². The van der Waals surface area contributed by atoms with Gasteiger partial charge in [0.1, 0.15) is 4.88 Å². The number of ether oxygens (including phenoxy) is 1. The van der Waals surface area contributed by atoms with Crippen LogP contribution >= 0.6 is 11.3 Å². The maximum Gasteiger partial charge on any atom is 0.350 e. The third kappa shape index (κ3) is 3.99. The number of hydrogen-bond donors (Lipinski definition) is 0. The van der Waals surface area contributed by atoms with Crippen LogP contribution in [0.5, 0.6) is 0 Å². The third-order valence-electron chi connectivity index (χ3n) is 6.31. The fraction of sp³-hybridized carbons (Fsp3) is 0.435. The van der Waals surface area contributed by atoms with Gasteiger partial charge in [-0.2, -0.15) is 15.0 Å². The van der Waals surface area contributed by atoms with Gasteiger partial charge in [0, 0.05) is 38.0 Å². The Morgan fingerprint density at radius 2 is 1.79 bits per heavy atom. The number of carbonyl (C=O) groups is 2. The summed E-state index contributed by atoms with van der Waals surface area (Å²) in [5, 5.41) is 9.27. The molecule has 2 saturated heterocycles. The number of rotatable bonds is 5. The molecule has 2 aliphatic rings. The Kier molecular flexibility index (Phi) is 5.61. The first kappa shape index (κ1) is 21.6. The first-order valence-electron chi connectivity index (χ1n) is 11.1. The van der Waals surface area contributed by atoms with Crippen molar-refractivity contribution in [2.75, 3.05) is 37.7 Å². The predicted molar refractivity (Wildman–Crippen MR) is 124 cm³/mol. The summed E-state index contributed by atoms with van der Waals surface area (Å²) in [5.74, 6) is 0.456. The molecule has 2 aliphatic heterocycles. The van der Waals surface area contributed by atoms with Crippen LogP contribution < -0.4 is 4.90 Å². The van der Waals surface area contributed by atoms with E-state index in [1.165, 1.54) is 16.1 Å². The van der Waals surface area contributed by atoms with Crippen molar-refractivity contribution in [2.45, 2.75) is 20.8 Å². The first-order valence-corrected chi connectivity index (χ1v) is 11.9. The molecule has 5 rings (SSSR count). The number of hydrogen-bond acceptors (Lipinski definition) is 8. The van der Waals surface area contributed by atoms with Crippen LogP contribution in [0.4, 0.5) is 5.13 Å². The molecule has 2 atom stereocenters. The largest absolute Gasteiger partial charge is 0.462 e. The number of benzene rings is 1. The molecule has 4 heterocycles. The van der Waals surface area contributed by atoms with Gasteiger partial charge in [-0.25, -0.2) is 9.78 Å². The van der Waals surface area contributed by atoms with Crippen molar-refractivity contribution in [1.29, 1.82) is 0 Å². The molecule has 0 aliphatic carbocycles. The van der Waals surface area contributed by atoms with E-state index in [0.29, 0.717) is 53.4 Å². The molecular weight excluding hydrogens is 440 g/mol. The van der Waals surface area contributed by atoms with Crippen molar-refractivity contribution in [3.8, 4) is 5.69 Å². The zero-order valence-electron chi connectivity index (χ0n) is 18.9. The van der Waals surface area contributed by atoms with Crippen molar-refractivity contribution in [2.24, 2.45) is 11.8 Å². The normalized spacial score (nSPS) is 19.7. The van der Waals surface area contributed by atoms with Crippen molar-refractivity contribution in [3.63, 3.8) is 0 Å². The highest BCUT2D eigenvalue weighted by Gasteiger charge is 2.43. The van der Waals surface area contributed by atoms with Crippen molar-refractivity contribution >= 4 is 28.3 Å². The van der Waals surface area contributed by atoms with E-state index in [1.807, 2.05) is 36.9 Å². The van der Waals surface area contributed by atoms with Gasteiger partial charge in [-0.15, -0.1) is 0 Å². The van der Waals surface area contributed by atoms with Crippen molar-refractivity contribution in [1.82, 2.24) is 24.9 Å². The van der Waals surface area contributed by atoms with E-state index >= 15 is 0 Å². The Bertz CT molecular complexity index is 1180. The molecule has 1 aromatic carbocycles. The molecule has 172 valence electrons. The monoisotopic (exact) mass is 466 g/mol. The summed E-state index contributed by atoms with van der Waals surface area (Å²) in [6.07, 6.45) is 3.22. The number of nitrogens with zero attached hydrogens (tertiary/aromatic N) is 6. The molecule has 0 bridgehead atoms. The topological polar surface area (TPSA) is 93.5 Å². The zero-order chi connectivity index (χ0) is 23.1. The lowest BCUT2D eigenvalue weighted by atomic mass is 10.0. The number of fused-ring (bicyclic) bond motifs is 1. The summed E-state index contributed by atoms with van der Waals surface area (Å²) in [6, 6.07) is 5.77. The van der Waals surface area contributed by atoms with Gasteiger partial charge in [-0.1, -0.05) is 23.0 Å². The Morgan fingerprint density at radius 3 is 2.45 bits per heavy atom. The minimum absolute atomic E-state index is 0.0154. The number of esters is 1. The van der Waals surface area contributed by atoms with E-state index in [0.717, 1.165) is 23.8 Å². The fourth-order valence-electron chi connectivity index (χ4n) is 4.72. The van der Waals surface area contributed by atoms with Crippen LogP contribution in [0, 0.1) is 25.7 Å². The van der Waals surface area contributed by atoms with Gasteiger partial charge < -0.3 is 14.5 Å². The zero-order valence-corrected chi connectivity index (χ0v) is 19.7. The van der Waals surface area contributed by atoms with Gasteiger partial charge in [-0.3, -0.25) is 4.79 Å². The van der Waals surface area contributed by atoms with E-state index in [4.69, 9.17) is 4.74 Å². The fourth-order valence-corrected chi connectivity index (χ4v) is 5.70. The lowest BCUT2D eigenvalue weighted by Gasteiger charge is -2.22. The molecule has 0 spiro atoms. The minimum atomic E-state index is -0.310. The number of thiazole rings is 1. The Balaban J connectivity index is 1.29. The summed E-state index contributed by atoms with van der Waals surface area (Å²) >= 11 is 1.39. The van der Waals surface area contributed by atoms with E-state index in [-0.39, 0.29) is 11.9 Å². The molecule has 2 unspecified atom stereocenters. The highest BCUT2D eigenvalue weighted by Crippen LogP contribution is 2.37. The van der Waals surface area contributed by atoms with Gasteiger partial charge >= 0.3 is 5.97 Å². The van der Waals surface area contributed by atoms with E-state index in [1.54, 1.807) is 19.3 Å². The van der Waals surface area contributed by atoms with E-state index in [9.17, 15) is 9.59 Å². The lowest BCUT2D eigenvalue weighted by molar-refractivity contribution is 0.0530. The minimum Gasteiger partial charge on any atom is -0.462 e. The van der Waals surface area contributed by atoms with Gasteiger partial charge in [-0.05, 0) is 32.9 Å². The van der Waals surface area contributed by atoms with Crippen LogP contribution in [0.3, 0.4) is 0 Å². The average molecular weight is 467 g/mol. The molecule has 10 heteroatoms. The highest BCUT2D eigenvalue weighted by molar-refractivity contribution is 7.17. The summed E-state index contributed by atoms with van der Waals surface area (Å²) in [4.78, 5) is 36.5. The predicted octanol–water partition coefficient (Wildman–Crippen LogP) is 2.73. The second kappa shape index (κ2) is 8.58. The molecule has 3 aromatic rings. The Morgan fingerprint density at radius 1 is 1.09 bits per heavy atom. The standard InChI is InChI=1S/C23H26N6O3S/c1-4-32-22(31)20-15(3)26-23(33-20)28-12-16-10-27(11-17(16)13-28)21(30)18-9-14(2)5-6-19(18)29-24-7-8-25-29/h5-9,16-17H,4,10-13H2,1-3H3. The van der Waals surface area contributed by atoms with Crippen LogP contribution in [0.1, 0.15) is 38.2 Å². The summed E-state index contributed by atoms with van der Waals surface area (Å²) in [6.45, 7) is 9.03. The van der Waals surface area contributed by atoms with Crippen LogP contribution in [-0.2, 0) is 4.74 Å². The van der Waals surface area contributed by atoms with Crippen molar-refractivity contribution in [3.05, 3.63) is 52.3 Å². The number of amides is 1. The van der Waals surface area contributed by atoms with Gasteiger partial charge in [0.05, 0.1) is 35.9 Å². The van der Waals surface area contributed by atoms with E-state index < -0.39 is 0 Å². The van der Waals surface area contributed by atoms with E-state index in [2.05, 4.69) is 20.1 Å². The number of carbonyl (C=O) groups excluding carboxylic acids is 2. The van der Waals surface area contributed by atoms with Crippen molar-refractivity contribution < 1.29 is 14.3 Å². The van der Waals surface area contributed by atoms with Gasteiger partial charge in [0.25, 0.3) is 5.91 Å². The molecule has 0 radical (unpaired) electrons. The first-order chi connectivity index (χ1) is 15.9. The smallest absolute Gasteiger partial charge is 0.350 e. The van der Waals surface area contributed by atoms with Gasteiger partial charge in [0.15, 0.2) is 5.13 Å². The van der Waals surface area contributed by atoms with Crippen LogP contribution in [0.2, 0.25) is 0 Å². The molecular formula is C23H26N6O3S. The maximum atomic E-state index is 13.5. The maximum absolute atomic E-state index is 13.5. The van der Waals surface area contributed by atoms with Crippen LogP contribution in [-0.4, -0.2) is 69.5 Å². The second-order valence-electron chi connectivity index (χ2n) is 8.61. The van der Waals surface area contributed by atoms with Gasteiger partial charge in [0.2, 0.25) is 0 Å². The SMILES string of the molecule is CCOC(=O)c1sc(N2CC3CN(C(=O)c4cc(C)ccc4-n4nccn4)CC3C2)nc1C. The molecule has 2 fully saturated rings. The third-order valence-corrected chi connectivity index (χ3v) is 7.51. The summed E-state index contributed by atoms with van der Waals surface area (Å²) < 4.78 is 5.14. The lowest BCUT2D eigenvalue weighted by Crippen LogP contribution is -2.34. The molecule has 0 saturated carbocycles. The summed E-state index contributed by atoms with van der Waals surface area (Å²) in [5.41, 5.74) is 3.05. The number of aromatic nitrogens is 4. The molecule has 9 nitrogen and oxygen atoms in total. The number of aryl methyl sites for hydroxylation is 2. The molecule has 0 N–H and O–H groups in total. The highest BCUT2D eigenvalue weighted by atomic mass is 32.1. The second-order valence-corrected chi connectivity index (χ2v) is 9.58. The number of anilines is 1. The van der Waals surface area contributed by atoms with Crippen LogP contribution in [0.15, 0.2) is 30.6 Å². The number of likely N-dealkylation sites (tertiary alicyclic amines) is 1. The molecule has 1 amide bonds. The molecule has 2 aromatic heterocycles. The summed E-state index contributed by atoms with van der Waals surface area (Å²) in [7, 11) is 0. The Hall–Kier alpha value is -3.27. The average Bonchev–Trinajstić information content (AvgIpc) is 3.56. The quantitative estimate of drug-likeness (QED) is 0.534. The Labute approximate surface area is 196 Å².